The molecular formula is C24H34N4. The molecule has 0 spiro atoms. The van der Waals surface area contributed by atoms with Gasteiger partial charge in [0.05, 0.1) is 0 Å². The Hall–Kier alpha value is -1.91. The van der Waals surface area contributed by atoms with Crippen LogP contribution in [0.3, 0.4) is 0 Å². The van der Waals surface area contributed by atoms with Gasteiger partial charge in [-0.1, -0.05) is 29.8 Å². The molecule has 2 fully saturated rings. The third-order valence-electron chi connectivity index (χ3n) is 6.36. The van der Waals surface area contributed by atoms with Crippen molar-refractivity contribution < 1.29 is 0 Å². The minimum absolute atomic E-state index is 0.806. The van der Waals surface area contributed by atoms with Crippen LogP contribution in [-0.2, 0) is 6.54 Å². The Labute approximate surface area is 170 Å². The van der Waals surface area contributed by atoms with Crippen LogP contribution in [0.25, 0.3) is 0 Å². The fraction of sp³-hybridized carbons (Fsp3) is 0.542. The molecular weight excluding hydrogens is 344 g/mol. The van der Waals surface area contributed by atoms with Crippen LogP contribution in [0.1, 0.15) is 29.5 Å². The van der Waals surface area contributed by atoms with E-state index in [0.29, 0.717) is 0 Å². The van der Waals surface area contributed by atoms with Gasteiger partial charge in [0.2, 0.25) is 0 Å². The number of benzene rings is 1. The average molecular weight is 379 g/mol. The topological polar surface area (TPSA) is 22.6 Å². The summed E-state index contributed by atoms with van der Waals surface area (Å²) in [5, 5.41) is 0. The summed E-state index contributed by atoms with van der Waals surface area (Å²) in [6.45, 7) is 13.8. The van der Waals surface area contributed by atoms with Crippen molar-refractivity contribution >= 4 is 5.82 Å². The minimum atomic E-state index is 0.806. The molecule has 2 aliphatic rings. The lowest BCUT2D eigenvalue weighted by Crippen LogP contribution is -2.49. The fourth-order valence-corrected chi connectivity index (χ4v) is 4.72. The van der Waals surface area contributed by atoms with Gasteiger partial charge in [0.1, 0.15) is 5.82 Å². The van der Waals surface area contributed by atoms with Gasteiger partial charge < -0.3 is 4.90 Å². The van der Waals surface area contributed by atoms with Crippen LogP contribution in [0, 0.1) is 19.8 Å². The van der Waals surface area contributed by atoms with E-state index in [1.807, 2.05) is 12.3 Å². The number of hydrogen-bond acceptors (Lipinski definition) is 4. The molecule has 2 aromatic rings. The third-order valence-corrected chi connectivity index (χ3v) is 6.36. The smallest absolute Gasteiger partial charge is 0.128 e. The average Bonchev–Trinajstić information content (AvgIpc) is 2.72. The maximum atomic E-state index is 4.51. The number of aromatic nitrogens is 1. The summed E-state index contributed by atoms with van der Waals surface area (Å²) >= 11 is 0. The van der Waals surface area contributed by atoms with Crippen LogP contribution in [0.15, 0.2) is 42.6 Å². The lowest BCUT2D eigenvalue weighted by atomic mass is 9.96. The van der Waals surface area contributed by atoms with Gasteiger partial charge in [-0.05, 0) is 62.4 Å². The Balaban J connectivity index is 1.27. The van der Waals surface area contributed by atoms with Crippen LogP contribution in [0.4, 0.5) is 5.82 Å². The maximum absolute atomic E-state index is 4.51. The Bertz CT molecular complexity index is 752. The van der Waals surface area contributed by atoms with E-state index in [4.69, 9.17) is 0 Å². The van der Waals surface area contributed by atoms with E-state index in [1.54, 1.807) is 0 Å². The Morgan fingerprint density at radius 2 is 1.82 bits per heavy atom. The van der Waals surface area contributed by atoms with E-state index >= 15 is 0 Å². The molecule has 0 aliphatic carbocycles. The number of likely N-dealkylation sites (tertiary alicyclic amines) is 1. The maximum Gasteiger partial charge on any atom is 0.128 e. The first-order valence-corrected chi connectivity index (χ1v) is 10.8. The number of hydrogen-bond donors (Lipinski definition) is 0. The predicted molar refractivity (Wildman–Crippen MR) is 117 cm³/mol. The van der Waals surface area contributed by atoms with E-state index in [1.165, 1.54) is 49.2 Å². The molecule has 28 heavy (non-hydrogen) atoms. The van der Waals surface area contributed by atoms with Gasteiger partial charge in [0.25, 0.3) is 0 Å². The zero-order chi connectivity index (χ0) is 19.3. The first-order chi connectivity index (χ1) is 13.7. The second-order valence-electron chi connectivity index (χ2n) is 8.65. The highest BCUT2D eigenvalue weighted by atomic mass is 15.3. The van der Waals surface area contributed by atoms with Crippen LogP contribution < -0.4 is 4.90 Å². The van der Waals surface area contributed by atoms with Gasteiger partial charge in [0.15, 0.2) is 0 Å². The Morgan fingerprint density at radius 3 is 2.61 bits per heavy atom. The molecule has 1 aromatic carbocycles. The monoisotopic (exact) mass is 378 g/mol. The number of rotatable bonds is 5. The van der Waals surface area contributed by atoms with E-state index in [2.05, 4.69) is 63.9 Å². The van der Waals surface area contributed by atoms with Crippen molar-refractivity contribution in [3.63, 3.8) is 0 Å². The Morgan fingerprint density at radius 1 is 0.964 bits per heavy atom. The summed E-state index contributed by atoms with van der Waals surface area (Å²) in [6.07, 6.45) is 4.61. The van der Waals surface area contributed by atoms with Crippen molar-refractivity contribution in [2.75, 3.05) is 50.7 Å². The first-order valence-electron chi connectivity index (χ1n) is 10.8. The number of piperidine rings is 1. The summed E-state index contributed by atoms with van der Waals surface area (Å²) in [4.78, 5) is 12.3. The summed E-state index contributed by atoms with van der Waals surface area (Å²) in [5.74, 6) is 1.93. The standard InChI is InChI=1S/C24H34N4/c1-20-8-9-21(2)23(16-20)19-27-11-5-6-22(18-27)17-26-12-14-28(15-13-26)24-7-3-4-10-25-24/h3-4,7-10,16,22H,5-6,11-15,17-19H2,1-2H3. The lowest BCUT2D eigenvalue weighted by Gasteiger charge is -2.39. The normalized spacial score (nSPS) is 21.8. The molecule has 2 saturated heterocycles. The molecule has 3 heterocycles. The zero-order valence-corrected chi connectivity index (χ0v) is 17.5. The van der Waals surface area contributed by atoms with Crippen LogP contribution >= 0.6 is 0 Å². The van der Waals surface area contributed by atoms with Gasteiger partial charge in [0, 0.05) is 52.0 Å². The van der Waals surface area contributed by atoms with Crippen molar-refractivity contribution in [1.82, 2.24) is 14.8 Å². The van der Waals surface area contributed by atoms with Gasteiger partial charge in [-0.15, -0.1) is 0 Å². The second-order valence-corrected chi connectivity index (χ2v) is 8.65. The highest BCUT2D eigenvalue weighted by Crippen LogP contribution is 2.22. The molecule has 150 valence electrons. The zero-order valence-electron chi connectivity index (χ0n) is 17.5. The second kappa shape index (κ2) is 9.06. The quantitative estimate of drug-likeness (QED) is 0.791. The molecule has 1 aromatic heterocycles. The van der Waals surface area contributed by atoms with Gasteiger partial charge >= 0.3 is 0 Å². The molecule has 4 nitrogen and oxygen atoms in total. The van der Waals surface area contributed by atoms with Gasteiger partial charge in [-0.25, -0.2) is 4.98 Å². The number of anilines is 1. The van der Waals surface area contributed by atoms with Gasteiger partial charge in [-0.2, -0.15) is 0 Å². The van der Waals surface area contributed by atoms with Crippen molar-refractivity contribution in [2.24, 2.45) is 5.92 Å². The molecule has 1 unspecified atom stereocenters. The lowest BCUT2D eigenvalue weighted by molar-refractivity contribution is 0.124. The number of piperazine rings is 1. The summed E-state index contributed by atoms with van der Waals surface area (Å²) in [5.41, 5.74) is 4.31. The molecule has 4 heteroatoms. The first kappa shape index (κ1) is 19.4. The minimum Gasteiger partial charge on any atom is -0.354 e. The van der Waals surface area contributed by atoms with Crippen LogP contribution in [-0.4, -0.2) is 60.6 Å². The molecule has 0 N–H and O–H groups in total. The van der Waals surface area contributed by atoms with Crippen molar-refractivity contribution in [2.45, 2.75) is 33.2 Å². The number of pyridine rings is 1. The third kappa shape index (κ3) is 4.92. The largest absolute Gasteiger partial charge is 0.354 e. The molecule has 0 amide bonds. The molecule has 4 rings (SSSR count). The van der Waals surface area contributed by atoms with Crippen molar-refractivity contribution in [1.29, 1.82) is 0 Å². The SMILES string of the molecule is Cc1ccc(C)c(CN2CCCC(CN3CCN(c4ccccn4)CC3)C2)c1. The summed E-state index contributed by atoms with van der Waals surface area (Å²) < 4.78 is 0. The predicted octanol–water partition coefficient (Wildman–Crippen LogP) is 3.73. The van der Waals surface area contributed by atoms with Gasteiger partial charge in [-0.3, -0.25) is 9.80 Å². The number of nitrogens with zero attached hydrogens (tertiary/aromatic N) is 4. The molecule has 0 saturated carbocycles. The summed E-state index contributed by atoms with van der Waals surface area (Å²) in [7, 11) is 0. The van der Waals surface area contributed by atoms with Crippen molar-refractivity contribution in [3.8, 4) is 0 Å². The van der Waals surface area contributed by atoms with Crippen LogP contribution in [0.5, 0.6) is 0 Å². The highest BCUT2D eigenvalue weighted by molar-refractivity contribution is 5.38. The van der Waals surface area contributed by atoms with Crippen LogP contribution in [0.2, 0.25) is 0 Å². The fourth-order valence-electron chi connectivity index (χ4n) is 4.72. The molecule has 0 bridgehead atoms. The van der Waals surface area contributed by atoms with E-state index in [9.17, 15) is 0 Å². The molecule has 2 aliphatic heterocycles. The van der Waals surface area contributed by atoms with E-state index in [-0.39, 0.29) is 0 Å². The highest BCUT2D eigenvalue weighted by Gasteiger charge is 2.25. The van der Waals surface area contributed by atoms with Crippen molar-refractivity contribution in [3.05, 3.63) is 59.3 Å². The molecule has 0 radical (unpaired) electrons. The number of aryl methyl sites for hydroxylation is 2. The summed E-state index contributed by atoms with van der Waals surface area (Å²) in [6, 6.07) is 13.1. The van der Waals surface area contributed by atoms with E-state index < -0.39 is 0 Å². The Kier molecular flexibility index (Phi) is 6.28. The molecule has 1 atom stereocenters. The van der Waals surface area contributed by atoms with E-state index in [0.717, 1.165) is 44.5 Å².